The Hall–Kier alpha value is -1.88. The van der Waals surface area contributed by atoms with Crippen molar-refractivity contribution in [2.75, 3.05) is 13.1 Å². The average Bonchev–Trinajstić information content (AvgIpc) is 3.25. The summed E-state index contributed by atoms with van der Waals surface area (Å²) in [6, 6.07) is 6.82. The van der Waals surface area contributed by atoms with Crippen LogP contribution in [0.15, 0.2) is 24.4 Å². The molecular weight excluding hydrogens is 264 g/mol. The lowest BCUT2D eigenvalue weighted by atomic mass is 10.0. The van der Waals surface area contributed by atoms with Crippen molar-refractivity contribution < 1.29 is 4.79 Å². The summed E-state index contributed by atoms with van der Waals surface area (Å²) in [6.07, 6.45) is 6.62. The molecule has 5 heteroatoms. The zero-order valence-corrected chi connectivity index (χ0v) is 12.0. The monoisotopic (exact) mass is 284 g/mol. The highest BCUT2D eigenvalue weighted by Crippen LogP contribution is 2.29. The lowest BCUT2D eigenvalue weighted by Crippen LogP contribution is -2.45. The maximum atomic E-state index is 12.3. The third-order valence-electron chi connectivity index (χ3n) is 4.63. The van der Waals surface area contributed by atoms with Crippen molar-refractivity contribution in [3.63, 3.8) is 0 Å². The number of aromatic amines is 1. The molecule has 2 heterocycles. The standard InChI is InChI=1S/C16H20N4O/c21-16(11-1-2-12-10-17-19-15(12)9-11)18-13-5-7-20(8-6-13)14-3-4-14/h1-2,9-10,13-14H,3-8H2,(H,17,19)(H,18,21). The van der Waals surface area contributed by atoms with Gasteiger partial charge in [0, 0.05) is 36.1 Å². The molecule has 1 saturated carbocycles. The van der Waals surface area contributed by atoms with Crippen LogP contribution in [0, 0.1) is 0 Å². The molecule has 0 bridgehead atoms. The van der Waals surface area contributed by atoms with E-state index in [1.807, 2.05) is 18.2 Å². The number of amides is 1. The van der Waals surface area contributed by atoms with E-state index in [9.17, 15) is 4.79 Å². The van der Waals surface area contributed by atoms with Gasteiger partial charge in [-0.1, -0.05) is 6.07 Å². The lowest BCUT2D eigenvalue weighted by molar-refractivity contribution is 0.0909. The molecule has 2 aliphatic rings. The number of hydrogen-bond donors (Lipinski definition) is 2. The van der Waals surface area contributed by atoms with Crippen LogP contribution < -0.4 is 5.32 Å². The fourth-order valence-electron chi connectivity index (χ4n) is 3.20. The number of rotatable bonds is 3. The first-order chi connectivity index (χ1) is 10.3. The predicted octanol–water partition coefficient (Wildman–Crippen LogP) is 1.92. The number of hydrogen-bond acceptors (Lipinski definition) is 3. The number of carbonyl (C=O) groups excluding carboxylic acids is 1. The summed E-state index contributed by atoms with van der Waals surface area (Å²) in [4.78, 5) is 14.9. The minimum atomic E-state index is 0.0244. The van der Waals surface area contributed by atoms with Crippen LogP contribution in [0.3, 0.4) is 0 Å². The first kappa shape index (κ1) is 12.8. The molecule has 1 aromatic carbocycles. The van der Waals surface area contributed by atoms with Crippen molar-refractivity contribution in [3.8, 4) is 0 Å². The maximum Gasteiger partial charge on any atom is 0.251 e. The van der Waals surface area contributed by atoms with Crippen LogP contribution in [-0.2, 0) is 0 Å². The topological polar surface area (TPSA) is 61.0 Å². The Morgan fingerprint density at radius 3 is 2.81 bits per heavy atom. The maximum absolute atomic E-state index is 12.3. The van der Waals surface area contributed by atoms with Gasteiger partial charge in [-0.05, 0) is 37.8 Å². The highest BCUT2D eigenvalue weighted by Gasteiger charge is 2.32. The molecule has 0 spiro atoms. The van der Waals surface area contributed by atoms with Gasteiger partial charge in [-0.3, -0.25) is 9.89 Å². The van der Waals surface area contributed by atoms with Gasteiger partial charge in [0.05, 0.1) is 11.7 Å². The van der Waals surface area contributed by atoms with Gasteiger partial charge < -0.3 is 10.2 Å². The Labute approximate surface area is 123 Å². The van der Waals surface area contributed by atoms with E-state index < -0.39 is 0 Å². The molecule has 110 valence electrons. The van der Waals surface area contributed by atoms with E-state index in [-0.39, 0.29) is 5.91 Å². The Bertz CT molecular complexity index is 653. The molecule has 1 saturated heterocycles. The van der Waals surface area contributed by atoms with Gasteiger partial charge in [0.1, 0.15) is 0 Å². The minimum absolute atomic E-state index is 0.0244. The summed E-state index contributed by atoms with van der Waals surface area (Å²) in [7, 11) is 0. The van der Waals surface area contributed by atoms with Crippen LogP contribution in [-0.4, -0.2) is 46.2 Å². The highest BCUT2D eigenvalue weighted by atomic mass is 16.1. The van der Waals surface area contributed by atoms with Gasteiger partial charge >= 0.3 is 0 Å². The normalized spacial score (nSPS) is 20.8. The number of nitrogens with zero attached hydrogens (tertiary/aromatic N) is 2. The summed E-state index contributed by atoms with van der Waals surface area (Å²) >= 11 is 0. The van der Waals surface area contributed by atoms with Crippen LogP contribution in [0.25, 0.3) is 10.9 Å². The molecule has 0 radical (unpaired) electrons. The smallest absolute Gasteiger partial charge is 0.251 e. The second-order valence-electron chi connectivity index (χ2n) is 6.19. The number of benzene rings is 1. The van der Waals surface area contributed by atoms with E-state index in [4.69, 9.17) is 0 Å². The zero-order valence-electron chi connectivity index (χ0n) is 12.0. The van der Waals surface area contributed by atoms with Gasteiger partial charge in [0.25, 0.3) is 5.91 Å². The molecule has 1 amide bonds. The van der Waals surface area contributed by atoms with E-state index in [1.54, 1.807) is 6.20 Å². The minimum Gasteiger partial charge on any atom is -0.349 e. The largest absolute Gasteiger partial charge is 0.349 e. The van der Waals surface area contributed by atoms with Crippen LogP contribution in [0.2, 0.25) is 0 Å². The molecular formula is C16H20N4O. The number of piperidine rings is 1. The molecule has 2 fully saturated rings. The lowest BCUT2D eigenvalue weighted by Gasteiger charge is -2.32. The van der Waals surface area contributed by atoms with Crippen molar-refractivity contribution in [2.45, 2.75) is 37.8 Å². The number of carbonyl (C=O) groups is 1. The van der Waals surface area contributed by atoms with Crippen molar-refractivity contribution in [1.82, 2.24) is 20.4 Å². The van der Waals surface area contributed by atoms with E-state index >= 15 is 0 Å². The fraction of sp³-hybridized carbons (Fsp3) is 0.500. The molecule has 0 unspecified atom stereocenters. The first-order valence-electron chi connectivity index (χ1n) is 7.77. The van der Waals surface area contributed by atoms with Crippen LogP contribution in [0.4, 0.5) is 0 Å². The van der Waals surface area contributed by atoms with E-state index in [0.29, 0.717) is 11.6 Å². The summed E-state index contributed by atoms with van der Waals surface area (Å²) in [5.74, 6) is 0.0244. The van der Waals surface area contributed by atoms with Crippen LogP contribution >= 0.6 is 0 Å². The van der Waals surface area contributed by atoms with E-state index in [2.05, 4.69) is 20.4 Å². The Morgan fingerprint density at radius 2 is 2.05 bits per heavy atom. The SMILES string of the molecule is O=C(NC1CCN(C2CC2)CC1)c1ccc2cn[nH]c2c1. The van der Waals surface area contributed by atoms with Gasteiger partial charge in [-0.25, -0.2) is 0 Å². The molecule has 2 N–H and O–H groups in total. The zero-order chi connectivity index (χ0) is 14.2. The van der Waals surface area contributed by atoms with Gasteiger partial charge in [0.15, 0.2) is 0 Å². The van der Waals surface area contributed by atoms with Crippen LogP contribution in [0.1, 0.15) is 36.0 Å². The number of H-pyrrole nitrogens is 1. The van der Waals surface area contributed by atoms with Crippen molar-refractivity contribution in [2.24, 2.45) is 0 Å². The molecule has 2 aromatic rings. The van der Waals surface area contributed by atoms with Crippen molar-refractivity contribution in [3.05, 3.63) is 30.0 Å². The van der Waals surface area contributed by atoms with E-state index in [0.717, 1.165) is 42.9 Å². The number of fused-ring (bicyclic) bond motifs is 1. The average molecular weight is 284 g/mol. The van der Waals surface area contributed by atoms with Gasteiger partial charge in [0.2, 0.25) is 0 Å². The number of likely N-dealkylation sites (tertiary alicyclic amines) is 1. The predicted molar refractivity (Wildman–Crippen MR) is 81.2 cm³/mol. The Balaban J connectivity index is 1.38. The second-order valence-corrected chi connectivity index (χ2v) is 6.19. The second kappa shape index (κ2) is 5.15. The summed E-state index contributed by atoms with van der Waals surface area (Å²) in [5.41, 5.74) is 1.61. The first-order valence-corrected chi connectivity index (χ1v) is 7.77. The molecule has 0 atom stereocenters. The summed E-state index contributed by atoms with van der Waals surface area (Å²) in [5, 5.41) is 11.1. The quantitative estimate of drug-likeness (QED) is 0.905. The fourth-order valence-corrected chi connectivity index (χ4v) is 3.20. The van der Waals surface area contributed by atoms with Crippen molar-refractivity contribution in [1.29, 1.82) is 0 Å². The van der Waals surface area contributed by atoms with Gasteiger partial charge in [-0.2, -0.15) is 5.10 Å². The third kappa shape index (κ3) is 2.65. The van der Waals surface area contributed by atoms with Gasteiger partial charge in [-0.15, -0.1) is 0 Å². The summed E-state index contributed by atoms with van der Waals surface area (Å²) in [6.45, 7) is 2.24. The highest BCUT2D eigenvalue weighted by molar-refractivity contribution is 5.97. The Kier molecular flexibility index (Phi) is 3.15. The van der Waals surface area contributed by atoms with Crippen molar-refractivity contribution >= 4 is 16.8 Å². The number of aromatic nitrogens is 2. The molecule has 1 aromatic heterocycles. The molecule has 1 aliphatic carbocycles. The molecule has 5 nitrogen and oxygen atoms in total. The molecule has 1 aliphatic heterocycles. The third-order valence-corrected chi connectivity index (χ3v) is 4.63. The number of nitrogens with one attached hydrogen (secondary N) is 2. The molecule has 4 rings (SSSR count). The molecule has 21 heavy (non-hydrogen) atoms. The summed E-state index contributed by atoms with van der Waals surface area (Å²) < 4.78 is 0. The van der Waals surface area contributed by atoms with E-state index in [1.165, 1.54) is 12.8 Å². The Morgan fingerprint density at radius 1 is 1.24 bits per heavy atom. The van der Waals surface area contributed by atoms with Crippen LogP contribution in [0.5, 0.6) is 0 Å².